The molecule has 1 aromatic carbocycles. The number of nitrogens with zero attached hydrogens (tertiary/aromatic N) is 2. The molecule has 0 saturated carbocycles. The molecule has 2 aromatic rings. The van der Waals surface area contributed by atoms with Gasteiger partial charge in [0.1, 0.15) is 5.82 Å². The van der Waals surface area contributed by atoms with E-state index in [1.807, 2.05) is 18.5 Å². The standard InChI is InChI=1S/C16H20ClFN2O/c1-3-14-16(17)15(20(4-2)19-14)10-13(21)9-11-5-7-12(18)8-6-11/h5-8,13,21H,3-4,9-10H2,1-2H3. The molecule has 0 aliphatic heterocycles. The van der Waals surface area contributed by atoms with E-state index in [4.69, 9.17) is 11.6 Å². The lowest BCUT2D eigenvalue weighted by molar-refractivity contribution is 0.172. The van der Waals surface area contributed by atoms with E-state index in [2.05, 4.69) is 5.10 Å². The van der Waals surface area contributed by atoms with E-state index in [0.717, 1.165) is 29.9 Å². The first-order chi connectivity index (χ1) is 10.0. The third kappa shape index (κ3) is 3.83. The minimum absolute atomic E-state index is 0.270. The van der Waals surface area contributed by atoms with Crippen molar-refractivity contribution < 1.29 is 9.50 Å². The van der Waals surface area contributed by atoms with Gasteiger partial charge in [-0.2, -0.15) is 5.10 Å². The molecule has 5 heteroatoms. The lowest BCUT2D eigenvalue weighted by atomic mass is 10.0. The molecule has 114 valence electrons. The molecule has 2 rings (SSSR count). The smallest absolute Gasteiger partial charge is 0.123 e. The fourth-order valence-electron chi connectivity index (χ4n) is 2.40. The molecular weight excluding hydrogens is 291 g/mol. The maximum absolute atomic E-state index is 12.9. The predicted octanol–water partition coefficient (Wildman–Crippen LogP) is 3.40. The Hall–Kier alpha value is -1.39. The van der Waals surface area contributed by atoms with Crippen LogP contribution in [0.1, 0.15) is 30.8 Å². The highest BCUT2D eigenvalue weighted by molar-refractivity contribution is 6.31. The monoisotopic (exact) mass is 310 g/mol. The number of hydrogen-bond acceptors (Lipinski definition) is 2. The van der Waals surface area contributed by atoms with Gasteiger partial charge in [0.25, 0.3) is 0 Å². The molecule has 0 saturated heterocycles. The Bertz CT molecular complexity index is 595. The van der Waals surface area contributed by atoms with E-state index in [1.165, 1.54) is 12.1 Å². The third-order valence-corrected chi connectivity index (χ3v) is 3.94. The second-order valence-electron chi connectivity index (χ2n) is 5.07. The molecule has 21 heavy (non-hydrogen) atoms. The Kier molecular flexibility index (Phi) is 5.37. The number of aryl methyl sites for hydroxylation is 2. The van der Waals surface area contributed by atoms with Crippen LogP contribution in [0.3, 0.4) is 0 Å². The van der Waals surface area contributed by atoms with Gasteiger partial charge in [0, 0.05) is 13.0 Å². The Balaban J connectivity index is 2.10. The summed E-state index contributed by atoms with van der Waals surface area (Å²) in [5, 5.41) is 15.4. The van der Waals surface area contributed by atoms with E-state index in [1.54, 1.807) is 12.1 Å². The summed E-state index contributed by atoms with van der Waals surface area (Å²) < 4.78 is 14.7. The molecule has 1 N–H and O–H groups in total. The zero-order valence-electron chi connectivity index (χ0n) is 12.3. The van der Waals surface area contributed by atoms with Gasteiger partial charge in [-0.05, 0) is 37.5 Å². The van der Waals surface area contributed by atoms with E-state index in [0.29, 0.717) is 17.9 Å². The van der Waals surface area contributed by atoms with Gasteiger partial charge < -0.3 is 5.11 Å². The number of aromatic nitrogens is 2. The lowest BCUT2D eigenvalue weighted by Crippen LogP contribution is -2.17. The van der Waals surface area contributed by atoms with Crippen LogP contribution in [0, 0.1) is 5.82 Å². The van der Waals surface area contributed by atoms with Gasteiger partial charge in [-0.25, -0.2) is 4.39 Å². The van der Waals surface area contributed by atoms with E-state index in [9.17, 15) is 9.50 Å². The second-order valence-corrected chi connectivity index (χ2v) is 5.44. The summed E-state index contributed by atoms with van der Waals surface area (Å²) in [6.45, 7) is 4.73. The van der Waals surface area contributed by atoms with Crippen LogP contribution in [0.2, 0.25) is 5.02 Å². The maximum Gasteiger partial charge on any atom is 0.123 e. The van der Waals surface area contributed by atoms with Crippen molar-refractivity contribution in [2.24, 2.45) is 0 Å². The highest BCUT2D eigenvalue weighted by atomic mass is 35.5. The fourth-order valence-corrected chi connectivity index (χ4v) is 2.75. The average Bonchev–Trinajstić information content (AvgIpc) is 2.77. The molecule has 0 spiro atoms. The van der Waals surface area contributed by atoms with Crippen LogP contribution in [0.4, 0.5) is 4.39 Å². The fraction of sp³-hybridized carbons (Fsp3) is 0.438. The molecule has 0 aliphatic rings. The molecule has 1 atom stereocenters. The zero-order valence-corrected chi connectivity index (χ0v) is 13.1. The summed E-state index contributed by atoms with van der Waals surface area (Å²) in [4.78, 5) is 0. The van der Waals surface area contributed by atoms with Gasteiger partial charge in [-0.15, -0.1) is 0 Å². The van der Waals surface area contributed by atoms with Crippen LogP contribution in [0.25, 0.3) is 0 Å². The highest BCUT2D eigenvalue weighted by Gasteiger charge is 2.17. The minimum Gasteiger partial charge on any atom is -0.392 e. The number of benzene rings is 1. The van der Waals surface area contributed by atoms with E-state index >= 15 is 0 Å². The second kappa shape index (κ2) is 7.05. The number of aliphatic hydroxyl groups is 1. The number of rotatable bonds is 6. The third-order valence-electron chi connectivity index (χ3n) is 3.51. The predicted molar refractivity (Wildman–Crippen MR) is 82.1 cm³/mol. The molecular formula is C16H20ClFN2O. The molecule has 3 nitrogen and oxygen atoms in total. The molecule has 0 bridgehead atoms. The molecule has 1 aromatic heterocycles. The number of aliphatic hydroxyl groups excluding tert-OH is 1. The highest BCUT2D eigenvalue weighted by Crippen LogP contribution is 2.23. The van der Waals surface area contributed by atoms with Crippen LogP contribution < -0.4 is 0 Å². The van der Waals surface area contributed by atoms with Crippen molar-refractivity contribution in [3.8, 4) is 0 Å². The molecule has 1 unspecified atom stereocenters. The van der Waals surface area contributed by atoms with E-state index in [-0.39, 0.29) is 5.82 Å². The molecule has 0 radical (unpaired) electrons. The molecule has 0 aliphatic carbocycles. The zero-order chi connectivity index (χ0) is 15.4. The summed E-state index contributed by atoms with van der Waals surface area (Å²) in [5.74, 6) is -0.270. The molecule has 1 heterocycles. The Labute approximate surface area is 129 Å². The normalized spacial score (nSPS) is 12.6. The molecule has 0 fully saturated rings. The first-order valence-corrected chi connectivity index (χ1v) is 7.59. The van der Waals surface area contributed by atoms with Crippen molar-refractivity contribution in [1.29, 1.82) is 0 Å². The summed E-state index contributed by atoms with van der Waals surface area (Å²) >= 11 is 6.33. The van der Waals surface area contributed by atoms with Crippen LogP contribution in [-0.4, -0.2) is 21.0 Å². The van der Waals surface area contributed by atoms with Crippen molar-refractivity contribution in [1.82, 2.24) is 9.78 Å². The average molecular weight is 311 g/mol. The summed E-state index contributed by atoms with van der Waals surface area (Å²) in [5.41, 5.74) is 2.63. The van der Waals surface area contributed by atoms with E-state index < -0.39 is 6.10 Å². The minimum atomic E-state index is -0.570. The van der Waals surface area contributed by atoms with Crippen molar-refractivity contribution >= 4 is 11.6 Å². The van der Waals surface area contributed by atoms with Crippen molar-refractivity contribution in [2.75, 3.05) is 0 Å². The number of hydrogen-bond donors (Lipinski definition) is 1. The van der Waals surface area contributed by atoms with Crippen LogP contribution in [0.5, 0.6) is 0 Å². The quantitative estimate of drug-likeness (QED) is 0.888. The first kappa shape index (κ1) is 16.0. The number of halogens is 2. The van der Waals surface area contributed by atoms with Crippen molar-refractivity contribution in [2.45, 2.75) is 45.8 Å². The van der Waals surface area contributed by atoms with Gasteiger partial charge in [0.2, 0.25) is 0 Å². The van der Waals surface area contributed by atoms with Gasteiger partial charge >= 0.3 is 0 Å². The topological polar surface area (TPSA) is 38.0 Å². The van der Waals surface area contributed by atoms with Gasteiger partial charge in [-0.3, -0.25) is 4.68 Å². The SMILES string of the molecule is CCc1nn(CC)c(CC(O)Cc2ccc(F)cc2)c1Cl. The Morgan fingerprint density at radius 1 is 1.24 bits per heavy atom. The van der Waals surface area contributed by atoms with Gasteiger partial charge in [0.05, 0.1) is 22.5 Å². The lowest BCUT2D eigenvalue weighted by Gasteiger charge is -2.12. The van der Waals surface area contributed by atoms with Crippen LogP contribution in [-0.2, 0) is 25.8 Å². The summed E-state index contributed by atoms with van der Waals surface area (Å²) in [7, 11) is 0. The largest absolute Gasteiger partial charge is 0.392 e. The summed E-state index contributed by atoms with van der Waals surface area (Å²) in [6, 6.07) is 6.19. The van der Waals surface area contributed by atoms with Gasteiger partial charge in [-0.1, -0.05) is 30.7 Å². The maximum atomic E-state index is 12.9. The molecule has 0 amide bonds. The Morgan fingerprint density at radius 3 is 2.48 bits per heavy atom. The van der Waals surface area contributed by atoms with Crippen molar-refractivity contribution in [3.63, 3.8) is 0 Å². The summed E-state index contributed by atoms with van der Waals surface area (Å²) in [6.07, 6.45) is 1.11. The van der Waals surface area contributed by atoms with Crippen molar-refractivity contribution in [3.05, 3.63) is 52.1 Å². The van der Waals surface area contributed by atoms with Crippen LogP contribution in [0.15, 0.2) is 24.3 Å². The Morgan fingerprint density at radius 2 is 1.90 bits per heavy atom. The van der Waals surface area contributed by atoms with Crippen LogP contribution >= 0.6 is 11.6 Å². The first-order valence-electron chi connectivity index (χ1n) is 7.21. The van der Waals surface area contributed by atoms with Gasteiger partial charge in [0.15, 0.2) is 0 Å².